The highest BCUT2D eigenvalue weighted by atomic mass is 16.2. The molecule has 3 rings (SSSR count). The molecule has 6 nitrogen and oxygen atoms in total. The molecule has 0 atom stereocenters. The van der Waals surface area contributed by atoms with E-state index in [1.807, 2.05) is 12.1 Å². The van der Waals surface area contributed by atoms with E-state index in [1.165, 1.54) is 6.42 Å². The molecule has 1 saturated carbocycles. The van der Waals surface area contributed by atoms with Gasteiger partial charge in [0.2, 0.25) is 11.8 Å². The minimum absolute atomic E-state index is 0.126. The lowest BCUT2D eigenvalue weighted by Gasteiger charge is -2.20. The van der Waals surface area contributed by atoms with Crippen molar-refractivity contribution < 1.29 is 14.4 Å². The average Bonchev–Trinajstić information content (AvgIpc) is 2.73. The van der Waals surface area contributed by atoms with Crippen LogP contribution in [-0.2, 0) is 11.3 Å². The summed E-state index contributed by atoms with van der Waals surface area (Å²) in [5, 5.41) is 5.77. The van der Waals surface area contributed by atoms with Crippen LogP contribution in [0.15, 0.2) is 48.5 Å². The molecule has 2 aromatic rings. The van der Waals surface area contributed by atoms with Crippen LogP contribution in [-0.4, -0.2) is 17.7 Å². The predicted octanol–water partition coefficient (Wildman–Crippen LogP) is 3.23. The molecule has 0 spiro atoms. The highest BCUT2D eigenvalue weighted by molar-refractivity contribution is 6.04. The minimum Gasteiger partial charge on any atom is -0.366 e. The zero-order valence-corrected chi connectivity index (χ0v) is 15.7. The van der Waals surface area contributed by atoms with Gasteiger partial charge in [0.05, 0.1) is 0 Å². The SMILES string of the molecule is NC(=O)c1ccc(NC(=O)c2ccc(CNC(=O)C3CCCCC3)cc2)cc1. The van der Waals surface area contributed by atoms with Gasteiger partial charge in [0, 0.05) is 29.3 Å². The van der Waals surface area contributed by atoms with Gasteiger partial charge in [0.25, 0.3) is 5.91 Å². The van der Waals surface area contributed by atoms with Gasteiger partial charge in [-0.2, -0.15) is 0 Å². The second kappa shape index (κ2) is 9.17. The van der Waals surface area contributed by atoms with Gasteiger partial charge in [-0.25, -0.2) is 0 Å². The summed E-state index contributed by atoms with van der Waals surface area (Å²) in [6, 6.07) is 13.5. The molecule has 0 aliphatic heterocycles. The third-order valence-corrected chi connectivity index (χ3v) is 5.09. The van der Waals surface area contributed by atoms with Crippen LogP contribution in [0.3, 0.4) is 0 Å². The molecule has 1 aliphatic carbocycles. The van der Waals surface area contributed by atoms with Crippen LogP contribution < -0.4 is 16.4 Å². The van der Waals surface area contributed by atoms with Crippen molar-refractivity contribution in [2.24, 2.45) is 11.7 Å². The van der Waals surface area contributed by atoms with E-state index in [4.69, 9.17) is 5.73 Å². The smallest absolute Gasteiger partial charge is 0.255 e. The lowest BCUT2D eigenvalue weighted by atomic mass is 9.88. The number of anilines is 1. The normalized spacial score (nSPS) is 14.3. The first kappa shape index (κ1) is 19.6. The largest absolute Gasteiger partial charge is 0.366 e. The van der Waals surface area contributed by atoms with Crippen molar-refractivity contribution in [3.05, 3.63) is 65.2 Å². The Kier molecular flexibility index (Phi) is 6.42. The fraction of sp³-hybridized carbons (Fsp3) is 0.318. The first-order valence-corrected chi connectivity index (χ1v) is 9.61. The maximum Gasteiger partial charge on any atom is 0.255 e. The van der Waals surface area contributed by atoms with Crippen molar-refractivity contribution in [1.82, 2.24) is 5.32 Å². The molecule has 0 aromatic heterocycles. The number of carbonyl (C=O) groups is 3. The van der Waals surface area contributed by atoms with Gasteiger partial charge in [-0.05, 0) is 54.8 Å². The molecule has 0 bridgehead atoms. The third kappa shape index (κ3) is 5.19. The molecule has 0 heterocycles. The zero-order chi connectivity index (χ0) is 19.9. The second-order valence-electron chi connectivity index (χ2n) is 7.15. The number of amides is 3. The van der Waals surface area contributed by atoms with Crippen molar-refractivity contribution >= 4 is 23.4 Å². The molecule has 3 amide bonds. The minimum atomic E-state index is -0.510. The number of hydrogen-bond acceptors (Lipinski definition) is 3. The van der Waals surface area contributed by atoms with E-state index in [9.17, 15) is 14.4 Å². The van der Waals surface area contributed by atoms with Gasteiger partial charge in [0.1, 0.15) is 0 Å². The molecule has 4 N–H and O–H groups in total. The van der Waals surface area contributed by atoms with Crippen molar-refractivity contribution in [3.63, 3.8) is 0 Å². The van der Waals surface area contributed by atoms with Crippen LogP contribution in [0, 0.1) is 5.92 Å². The predicted molar refractivity (Wildman–Crippen MR) is 108 cm³/mol. The van der Waals surface area contributed by atoms with Crippen molar-refractivity contribution in [2.45, 2.75) is 38.6 Å². The highest BCUT2D eigenvalue weighted by Gasteiger charge is 2.20. The Morgan fingerprint density at radius 3 is 2.07 bits per heavy atom. The van der Waals surface area contributed by atoms with E-state index in [2.05, 4.69) is 10.6 Å². The standard InChI is InChI=1S/C22H25N3O3/c23-20(26)16-10-12-19(13-11-16)25-22(28)18-8-6-15(7-9-18)14-24-21(27)17-4-2-1-3-5-17/h6-13,17H,1-5,14H2,(H2,23,26)(H,24,27)(H,25,28). The van der Waals surface area contributed by atoms with Crippen LogP contribution in [0.5, 0.6) is 0 Å². The summed E-state index contributed by atoms with van der Waals surface area (Å²) in [6.07, 6.45) is 5.44. The number of nitrogens with one attached hydrogen (secondary N) is 2. The summed E-state index contributed by atoms with van der Waals surface area (Å²) < 4.78 is 0. The maximum atomic E-state index is 12.3. The molecule has 0 unspecified atom stereocenters. The molecule has 146 valence electrons. The molecule has 28 heavy (non-hydrogen) atoms. The number of nitrogens with two attached hydrogens (primary N) is 1. The number of benzene rings is 2. The molecule has 2 aromatic carbocycles. The summed E-state index contributed by atoms with van der Waals surface area (Å²) in [7, 11) is 0. The Labute approximate surface area is 164 Å². The molecule has 0 saturated heterocycles. The first-order chi connectivity index (χ1) is 13.5. The fourth-order valence-electron chi connectivity index (χ4n) is 3.39. The molecule has 1 aliphatic rings. The number of hydrogen-bond donors (Lipinski definition) is 3. The van der Waals surface area contributed by atoms with Gasteiger partial charge in [0.15, 0.2) is 0 Å². The van der Waals surface area contributed by atoms with Crippen molar-refractivity contribution in [3.8, 4) is 0 Å². The molecule has 6 heteroatoms. The first-order valence-electron chi connectivity index (χ1n) is 9.61. The lowest BCUT2D eigenvalue weighted by molar-refractivity contribution is -0.126. The summed E-state index contributed by atoms with van der Waals surface area (Å²) in [6.45, 7) is 0.464. The van der Waals surface area contributed by atoms with Crippen LogP contribution in [0.1, 0.15) is 58.4 Å². The molecule has 1 fully saturated rings. The Morgan fingerprint density at radius 1 is 0.857 bits per heavy atom. The van der Waals surface area contributed by atoms with E-state index in [1.54, 1.807) is 36.4 Å². The van der Waals surface area contributed by atoms with E-state index in [0.29, 0.717) is 23.4 Å². The van der Waals surface area contributed by atoms with E-state index in [-0.39, 0.29) is 17.7 Å². The Bertz CT molecular complexity index is 838. The van der Waals surface area contributed by atoms with Gasteiger partial charge < -0.3 is 16.4 Å². The van der Waals surface area contributed by atoms with Crippen LogP contribution in [0.2, 0.25) is 0 Å². The average molecular weight is 379 g/mol. The number of carbonyl (C=O) groups excluding carboxylic acids is 3. The highest BCUT2D eigenvalue weighted by Crippen LogP contribution is 2.23. The summed E-state index contributed by atoms with van der Waals surface area (Å²) in [4.78, 5) is 35.6. The summed E-state index contributed by atoms with van der Waals surface area (Å²) >= 11 is 0. The monoisotopic (exact) mass is 379 g/mol. The Morgan fingerprint density at radius 2 is 1.46 bits per heavy atom. The third-order valence-electron chi connectivity index (χ3n) is 5.09. The van der Waals surface area contributed by atoms with Crippen molar-refractivity contribution in [2.75, 3.05) is 5.32 Å². The number of rotatable bonds is 6. The van der Waals surface area contributed by atoms with Gasteiger partial charge in [-0.15, -0.1) is 0 Å². The van der Waals surface area contributed by atoms with Gasteiger partial charge in [-0.1, -0.05) is 31.4 Å². The molecule has 0 radical (unpaired) electrons. The topological polar surface area (TPSA) is 101 Å². The van der Waals surface area contributed by atoms with Crippen LogP contribution >= 0.6 is 0 Å². The lowest BCUT2D eigenvalue weighted by Crippen LogP contribution is -2.31. The van der Waals surface area contributed by atoms with E-state index >= 15 is 0 Å². The Hall–Kier alpha value is -3.15. The van der Waals surface area contributed by atoms with E-state index in [0.717, 1.165) is 31.2 Å². The fourth-order valence-corrected chi connectivity index (χ4v) is 3.39. The van der Waals surface area contributed by atoms with Gasteiger partial charge in [-0.3, -0.25) is 14.4 Å². The summed E-state index contributed by atoms with van der Waals surface area (Å²) in [5.41, 5.74) is 7.64. The number of primary amides is 1. The molecular formula is C22H25N3O3. The van der Waals surface area contributed by atoms with Gasteiger partial charge >= 0.3 is 0 Å². The zero-order valence-electron chi connectivity index (χ0n) is 15.7. The quantitative estimate of drug-likeness (QED) is 0.718. The molecular weight excluding hydrogens is 354 g/mol. The summed E-state index contributed by atoms with van der Waals surface area (Å²) in [5.74, 6) is -0.491. The van der Waals surface area contributed by atoms with Crippen LogP contribution in [0.25, 0.3) is 0 Å². The van der Waals surface area contributed by atoms with E-state index < -0.39 is 5.91 Å². The Balaban J connectivity index is 1.52. The maximum absolute atomic E-state index is 12.3. The van der Waals surface area contributed by atoms with Crippen molar-refractivity contribution in [1.29, 1.82) is 0 Å². The second-order valence-corrected chi connectivity index (χ2v) is 7.15. The van der Waals surface area contributed by atoms with Crippen LogP contribution in [0.4, 0.5) is 5.69 Å².